The summed E-state index contributed by atoms with van der Waals surface area (Å²) in [5.41, 5.74) is 0.367. The van der Waals surface area contributed by atoms with Crippen LogP contribution in [-0.2, 0) is 16.1 Å². The number of benzene rings is 1. The molecule has 0 radical (unpaired) electrons. The molecule has 1 saturated heterocycles. The zero-order chi connectivity index (χ0) is 16.9. The minimum absolute atomic E-state index is 0.0480. The van der Waals surface area contributed by atoms with Crippen molar-refractivity contribution in [1.29, 1.82) is 0 Å². The Labute approximate surface area is 140 Å². The summed E-state index contributed by atoms with van der Waals surface area (Å²) in [5, 5.41) is 8.48. The van der Waals surface area contributed by atoms with Gasteiger partial charge in [-0.15, -0.1) is 5.10 Å². The number of nitrogens with zero attached hydrogens (tertiary/aromatic N) is 4. The number of ether oxygens (including phenoxy) is 1. The molecule has 0 unspecified atom stereocenters. The Kier molecular flexibility index (Phi) is 5.20. The van der Waals surface area contributed by atoms with Gasteiger partial charge in [-0.1, -0.05) is 17.3 Å². The van der Waals surface area contributed by atoms with Gasteiger partial charge in [0.25, 0.3) is 5.56 Å². The van der Waals surface area contributed by atoms with Crippen LogP contribution in [0.3, 0.4) is 0 Å². The monoisotopic (exact) mass is 330 g/mol. The molecular weight excluding hydrogens is 308 g/mol. The van der Waals surface area contributed by atoms with E-state index in [4.69, 9.17) is 4.74 Å². The van der Waals surface area contributed by atoms with Crippen molar-refractivity contribution in [2.24, 2.45) is 0 Å². The molecular formula is C17H22N4O3. The third-order valence-corrected chi connectivity index (χ3v) is 4.36. The lowest BCUT2D eigenvalue weighted by molar-refractivity contribution is -0.134. The molecule has 1 aliphatic heterocycles. The third kappa shape index (κ3) is 3.62. The molecule has 1 aromatic heterocycles. The number of carbonyl (C=O) groups is 1. The van der Waals surface area contributed by atoms with Gasteiger partial charge in [-0.3, -0.25) is 9.59 Å². The molecule has 0 spiro atoms. The second-order valence-electron chi connectivity index (χ2n) is 5.92. The molecule has 1 aliphatic rings. The van der Waals surface area contributed by atoms with Crippen molar-refractivity contribution in [2.45, 2.75) is 38.8 Å². The average molecular weight is 330 g/mol. The van der Waals surface area contributed by atoms with Crippen LogP contribution in [0.5, 0.6) is 0 Å². The van der Waals surface area contributed by atoms with E-state index in [-0.39, 0.29) is 30.5 Å². The number of rotatable bonds is 5. The fourth-order valence-electron chi connectivity index (χ4n) is 3.04. The summed E-state index contributed by atoms with van der Waals surface area (Å²) in [4.78, 5) is 26.5. The lowest BCUT2D eigenvalue weighted by Gasteiger charge is -2.31. The summed E-state index contributed by atoms with van der Waals surface area (Å²) in [5.74, 6) is 0.0480. The summed E-state index contributed by atoms with van der Waals surface area (Å²) in [6, 6.07) is 7.09. The molecule has 0 N–H and O–H groups in total. The Hall–Kier alpha value is -2.28. The molecule has 0 bridgehead atoms. The zero-order valence-corrected chi connectivity index (χ0v) is 13.9. The van der Waals surface area contributed by atoms with Gasteiger partial charge < -0.3 is 9.64 Å². The van der Waals surface area contributed by atoms with E-state index in [1.807, 2.05) is 17.9 Å². The Balaban J connectivity index is 1.59. The van der Waals surface area contributed by atoms with E-state index >= 15 is 0 Å². The highest BCUT2D eigenvalue weighted by Gasteiger charge is 2.22. The quantitative estimate of drug-likeness (QED) is 0.823. The van der Waals surface area contributed by atoms with Crippen LogP contribution in [-0.4, -0.2) is 51.6 Å². The van der Waals surface area contributed by atoms with Crippen LogP contribution in [0.1, 0.15) is 26.2 Å². The molecule has 128 valence electrons. The number of fused-ring (bicyclic) bond motifs is 1. The van der Waals surface area contributed by atoms with Gasteiger partial charge in [0.1, 0.15) is 5.52 Å². The molecule has 0 aliphatic carbocycles. The number of hydrogen-bond donors (Lipinski definition) is 0. The molecule has 0 atom stereocenters. The normalized spacial score (nSPS) is 15.8. The summed E-state index contributed by atoms with van der Waals surface area (Å²) in [7, 11) is 0. The maximum Gasteiger partial charge on any atom is 0.277 e. The van der Waals surface area contributed by atoms with Crippen molar-refractivity contribution in [1.82, 2.24) is 19.9 Å². The highest BCUT2D eigenvalue weighted by atomic mass is 16.5. The fourth-order valence-corrected chi connectivity index (χ4v) is 3.04. The molecule has 1 fully saturated rings. The zero-order valence-electron chi connectivity index (χ0n) is 13.9. The molecule has 1 amide bonds. The second-order valence-corrected chi connectivity index (χ2v) is 5.92. The molecule has 1 aromatic carbocycles. The van der Waals surface area contributed by atoms with E-state index in [2.05, 4.69) is 10.3 Å². The van der Waals surface area contributed by atoms with Gasteiger partial charge >= 0.3 is 0 Å². The van der Waals surface area contributed by atoms with E-state index in [0.29, 0.717) is 30.6 Å². The largest absolute Gasteiger partial charge is 0.378 e. The highest BCUT2D eigenvalue weighted by Crippen LogP contribution is 2.14. The van der Waals surface area contributed by atoms with Crippen LogP contribution >= 0.6 is 0 Å². The van der Waals surface area contributed by atoms with Gasteiger partial charge in [-0.25, -0.2) is 4.68 Å². The number of likely N-dealkylation sites (tertiary alicyclic amines) is 1. The average Bonchev–Trinajstić information content (AvgIpc) is 2.62. The van der Waals surface area contributed by atoms with Crippen LogP contribution in [0.15, 0.2) is 29.1 Å². The van der Waals surface area contributed by atoms with Crippen molar-refractivity contribution in [3.05, 3.63) is 34.6 Å². The Morgan fingerprint density at radius 2 is 2.04 bits per heavy atom. The number of carbonyl (C=O) groups excluding carboxylic acids is 1. The topological polar surface area (TPSA) is 77.3 Å². The van der Waals surface area contributed by atoms with E-state index in [0.717, 1.165) is 12.8 Å². The van der Waals surface area contributed by atoms with Crippen molar-refractivity contribution >= 4 is 16.8 Å². The SMILES string of the molecule is CCOC1CCN(C(=O)CCn2nnc3ccccc3c2=O)CC1. The predicted molar refractivity (Wildman–Crippen MR) is 89.6 cm³/mol. The lowest BCUT2D eigenvalue weighted by Crippen LogP contribution is -2.41. The Morgan fingerprint density at radius 1 is 1.29 bits per heavy atom. The Morgan fingerprint density at radius 3 is 2.79 bits per heavy atom. The van der Waals surface area contributed by atoms with Crippen LogP contribution in [0, 0.1) is 0 Å². The lowest BCUT2D eigenvalue weighted by atomic mass is 10.1. The number of hydrogen-bond acceptors (Lipinski definition) is 5. The van der Waals surface area contributed by atoms with E-state index in [1.54, 1.807) is 18.2 Å². The van der Waals surface area contributed by atoms with Crippen LogP contribution in [0.25, 0.3) is 10.9 Å². The van der Waals surface area contributed by atoms with Crippen LogP contribution in [0.2, 0.25) is 0 Å². The number of aromatic nitrogens is 3. The van der Waals surface area contributed by atoms with Crippen molar-refractivity contribution < 1.29 is 9.53 Å². The second kappa shape index (κ2) is 7.53. The molecule has 2 aromatic rings. The fraction of sp³-hybridized carbons (Fsp3) is 0.529. The van der Waals surface area contributed by atoms with Gasteiger partial charge in [0.15, 0.2) is 0 Å². The van der Waals surface area contributed by atoms with Gasteiger partial charge in [-0.2, -0.15) is 0 Å². The maximum atomic E-state index is 12.4. The number of piperidine rings is 1. The first-order chi connectivity index (χ1) is 11.7. The summed E-state index contributed by atoms with van der Waals surface area (Å²) in [6.45, 7) is 4.37. The van der Waals surface area contributed by atoms with Crippen LogP contribution < -0.4 is 5.56 Å². The van der Waals surface area contributed by atoms with E-state index in [1.165, 1.54) is 4.68 Å². The molecule has 0 saturated carbocycles. The third-order valence-electron chi connectivity index (χ3n) is 4.36. The summed E-state index contributed by atoms with van der Waals surface area (Å²) < 4.78 is 6.87. The first-order valence-electron chi connectivity index (χ1n) is 8.41. The molecule has 24 heavy (non-hydrogen) atoms. The highest BCUT2D eigenvalue weighted by molar-refractivity contribution is 5.77. The molecule has 2 heterocycles. The van der Waals surface area contributed by atoms with E-state index < -0.39 is 0 Å². The number of amides is 1. The van der Waals surface area contributed by atoms with Crippen molar-refractivity contribution in [2.75, 3.05) is 19.7 Å². The van der Waals surface area contributed by atoms with Crippen molar-refractivity contribution in [3.63, 3.8) is 0 Å². The minimum atomic E-state index is -0.205. The van der Waals surface area contributed by atoms with E-state index in [9.17, 15) is 9.59 Å². The van der Waals surface area contributed by atoms with Gasteiger partial charge in [-0.05, 0) is 31.9 Å². The smallest absolute Gasteiger partial charge is 0.277 e. The van der Waals surface area contributed by atoms with Gasteiger partial charge in [0.2, 0.25) is 5.91 Å². The predicted octanol–water partition coefficient (Wildman–Crippen LogP) is 1.21. The van der Waals surface area contributed by atoms with Crippen molar-refractivity contribution in [3.8, 4) is 0 Å². The molecule has 7 nitrogen and oxygen atoms in total. The number of aryl methyl sites for hydroxylation is 1. The Bertz CT molecular complexity index is 766. The van der Waals surface area contributed by atoms with Crippen LogP contribution in [0.4, 0.5) is 0 Å². The maximum absolute atomic E-state index is 12.4. The van der Waals surface area contributed by atoms with Gasteiger partial charge in [0, 0.05) is 26.1 Å². The molecule has 3 rings (SSSR count). The minimum Gasteiger partial charge on any atom is -0.378 e. The first kappa shape index (κ1) is 16.6. The first-order valence-corrected chi connectivity index (χ1v) is 8.41. The standard InChI is InChI=1S/C17H22N4O3/c1-2-24-13-7-10-20(11-8-13)16(22)9-12-21-17(23)14-5-3-4-6-15(14)18-19-21/h3-6,13H,2,7-12H2,1H3. The van der Waals surface area contributed by atoms with Gasteiger partial charge in [0.05, 0.1) is 18.0 Å². The molecule has 7 heteroatoms. The summed E-state index contributed by atoms with van der Waals surface area (Å²) >= 11 is 0. The summed E-state index contributed by atoms with van der Waals surface area (Å²) in [6.07, 6.45) is 2.25.